The summed E-state index contributed by atoms with van der Waals surface area (Å²) in [6.45, 7) is 0. The van der Waals surface area contributed by atoms with Crippen LogP contribution in [0.3, 0.4) is 0 Å². The van der Waals surface area contributed by atoms with E-state index in [1.165, 1.54) is 12.1 Å². The van der Waals surface area contributed by atoms with Crippen molar-refractivity contribution in [2.75, 3.05) is 0 Å². The predicted octanol–water partition coefficient (Wildman–Crippen LogP) is 6.34. The molecule has 0 bridgehead atoms. The van der Waals surface area contributed by atoms with E-state index in [4.69, 9.17) is 0 Å². The van der Waals surface area contributed by atoms with Gasteiger partial charge in [0, 0.05) is 23.3 Å². The van der Waals surface area contributed by atoms with Crippen molar-refractivity contribution in [3.63, 3.8) is 0 Å². The molecule has 0 aliphatic carbocycles. The average molecular weight is 404 g/mol. The van der Waals surface area contributed by atoms with Crippen LogP contribution in [0.15, 0.2) is 97.1 Å². The van der Waals surface area contributed by atoms with E-state index in [0.717, 1.165) is 24.3 Å². The quantitative estimate of drug-likeness (QED) is 0.182. The predicted molar refractivity (Wildman–Crippen MR) is 94.5 cm³/mol. The van der Waals surface area contributed by atoms with Crippen LogP contribution in [0, 0.1) is 35.4 Å². The van der Waals surface area contributed by atoms with Gasteiger partial charge in [0.1, 0.15) is 0 Å². The summed E-state index contributed by atoms with van der Waals surface area (Å²) in [7, 11) is 0. The van der Waals surface area contributed by atoms with Crippen LogP contribution in [0.1, 0.15) is 0 Å². The molecule has 5 heteroatoms. The first kappa shape index (κ1) is 24.6. The molecular formula is C22H16F4Ti. The molecule has 0 heterocycles. The van der Waals surface area contributed by atoms with Gasteiger partial charge in [0.15, 0.2) is 0 Å². The molecule has 0 unspecified atom stereocenters. The zero-order valence-corrected chi connectivity index (χ0v) is 15.8. The van der Waals surface area contributed by atoms with E-state index in [1.54, 1.807) is 0 Å². The molecule has 0 fully saturated rings. The van der Waals surface area contributed by atoms with Crippen LogP contribution >= 0.6 is 0 Å². The number of halogens is 4. The Morgan fingerprint density at radius 2 is 0.926 bits per heavy atom. The minimum atomic E-state index is -0.662. The van der Waals surface area contributed by atoms with Crippen molar-refractivity contribution in [2.45, 2.75) is 0 Å². The third-order valence-corrected chi connectivity index (χ3v) is 2.57. The second-order valence-electron chi connectivity index (χ2n) is 4.63. The fourth-order valence-corrected chi connectivity index (χ4v) is 1.46. The summed E-state index contributed by atoms with van der Waals surface area (Å²) in [5.41, 5.74) is 0. The van der Waals surface area contributed by atoms with E-state index in [9.17, 15) is 17.6 Å². The molecule has 4 aromatic rings. The van der Waals surface area contributed by atoms with Gasteiger partial charge in [-0.2, -0.15) is 48.5 Å². The first-order valence-electron chi connectivity index (χ1n) is 7.57. The molecule has 0 atom stereocenters. The molecule has 4 rings (SSSR count). The molecule has 0 amide bonds. The van der Waals surface area contributed by atoms with Gasteiger partial charge < -0.3 is 0 Å². The molecule has 0 aliphatic rings. The molecule has 0 aliphatic heterocycles. The summed E-state index contributed by atoms with van der Waals surface area (Å²) in [5.74, 6) is -2.46. The van der Waals surface area contributed by atoms with E-state index in [-0.39, 0.29) is 21.7 Å². The van der Waals surface area contributed by atoms with Crippen LogP contribution in [0.2, 0.25) is 0 Å². The normalized spacial score (nSPS) is 8.44. The van der Waals surface area contributed by atoms with Gasteiger partial charge in [0.25, 0.3) is 0 Å². The maximum atomic E-state index is 11.9. The largest absolute Gasteiger partial charge is 4.00 e. The average Bonchev–Trinajstić information content (AvgIpc) is 3.34. The Morgan fingerprint density at radius 1 is 0.593 bits per heavy atom. The smallest absolute Gasteiger partial charge is 0.236 e. The summed E-state index contributed by atoms with van der Waals surface area (Å²) >= 11 is 0. The molecule has 4 aromatic carbocycles. The SMILES string of the molecule is Fc1[c-]ccc(F)c1.Fc1[c-]ccc(F)c1.[Ti+4].c1cc[cH-]c1.c1cc[cH-]c1. The second kappa shape index (κ2) is 15.8. The van der Waals surface area contributed by atoms with E-state index < -0.39 is 23.3 Å². The molecule has 0 spiro atoms. The van der Waals surface area contributed by atoms with Crippen molar-refractivity contribution in [3.8, 4) is 0 Å². The maximum absolute atomic E-state index is 11.9. The van der Waals surface area contributed by atoms with Crippen molar-refractivity contribution < 1.29 is 39.3 Å². The summed E-state index contributed by atoms with van der Waals surface area (Å²) in [5, 5.41) is 0. The summed E-state index contributed by atoms with van der Waals surface area (Å²) < 4.78 is 47.6. The van der Waals surface area contributed by atoms with Crippen LogP contribution in [0.5, 0.6) is 0 Å². The van der Waals surface area contributed by atoms with Gasteiger partial charge in [-0.05, 0) is 0 Å². The Bertz CT molecular complexity index is 658. The fourth-order valence-electron chi connectivity index (χ4n) is 1.46. The fraction of sp³-hybridized carbons (Fsp3) is 0. The second-order valence-corrected chi connectivity index (χ2v) is 4.63. The molecule has 0 nitrogen and oxygen atoms in total. The zero-order valence-electron chi connectivity index (χ0n) is 14.2. The van der Waals surface area contributed by atoms with Crippen molar-refractivity contribution in [2.24, 2.45) is 0 Å². The standard InChI is InChI=1S/2C6H3F2.2C5H5.Ti/c2*7-5-2-1-3-6(8)4-5;2*1-2-4-5-3-1;/h2*1-2,4H;2*1-5H;/q4*-1;+4. The monoisotopic (exact) mass is 404 g/mol. The Hall–Kier alpha value is -2.43. The van der Waals surface area contributed by atoms with Crippen molar-refractivity contribution in [1.29, 1.82) is 0 Å². The first-order chi connectivity index (χ1) is 12.6. The molecule has 0 aromatic heterocycles. The Kier molecular flexibility index (Phi) is 14.4. The minimum absolute atomic E-state index is 0. The number of rotatable bonds is 0. The van der Waals surface area contributed by atoms with E-state index in [1.807, 2.05) is 60.7 Å². The third kappa shape index (κ3) is 14.4. The van der Waals surface area contributed by atoms with Crippen molar-refractivity contribution >= 4 is 0 Å². The third-order valence-electron chi connectivity index (χ3n) is 2.57. The zero-order chi connectivity index (χ0) is 19.0. The van der Waals surface area contributed by atoms with Gasteiger partial charge in [-0.25, -0.2) is 41.8 Å². The number of benzene rings is 2. The number of hydrogen-bond acceptors (Lipinski definition) is 0. The summed E-state index contributed by atoms with van der Waals surface area (Å²) in [4.78, 5) is 0. The van der Waals surface area contributed by atoms with E-state index >= 15 is 0 Å². The van der Waals surface area contributed by atoms with Crippen LogP contribution in [0.4, 0.5) is 17.6 Å². The van der Waals surface area contributed by atoms with Crippen LogP contribution in [-0.4, -0.2) is 0 Å². The van der Waals surface area contributed by atoms with Crippen LogP contribution < -0.4 is 0 Å². The van der Waals surface area contributed by atoms with Gasteiger partial charge in [0.05, 0.1) is 0 Å². The maximum Gasteiger partial charge on any atom is 4.00 e. The molecule has 0 saturated carbocycles. The van der Waals surface area contributed by atoms with Gasteiger partial charge >= 0.3 is 21.7 Å². The van der Waals surface area contributed by atoms with E-state index in [0.29, 0.717) is 0 Å². The van der Waals surface area contributed by atoms with E-state index in [2.05, 4.69) is 12.1 Å². The minimum Gasteiger partial charge on any atom is -0.236 e. The molecule has 0 N–H and O–H groups in total. The van der Waals surface area contributed by atoms with Gasteiger partial charge in [-0.15, -0.1) is 36.4 Å². The van der Waals surface area contributed by atoms with Crippen molar-refractivity contribution in [3.05, 3.63) is 132 Å². The van der Waals surface area contributed by atoms with Crippen molar-refractivity contribution in [1.82, 2.24) is 0 Å². The van der Waals surface area contributed by atoms with Crippen LogP contribution in [0.25, 0.3) is 0 Å². The van der Waals surface area contributed by atoms with Gasteiger partial charge in [-0.3, -0.25) is 0 Å². The molecular weight excluding hydrogens is 388 g/mol. The Morgan fingerprint density at radius 3 is 1.07 bits per heavy atom. The Labute approximate surface area is 171 Å². The summed E-state index contributed by atoms with van der Waals surface area (Å²) in [6, 6.07) is 30.6. The molecule has 0 saturated heterocycles. The molecule has 136 valence electrons. The van der Waals surface area contributed by atoms with Gasteiger partial charge in [0.2, 0.25) is 0 Å². The van der Waals surface area contributed by atoms with Gasteiger partial charge in [-0.1, -0.05) is 0 Å². The topological polar surface area (TPSA) is 0 Å². The summed E-state index contributed by atoms with van der Waals surface area (Å²) in [6.07, 6.45) is 0. The first-order valence-corrected chi connectivity index (χ1v) is 7.57. The number of hydrogen-bond donors (Lipinski definition) is 0. The molecule has 27 heavy (non-hydrogen) atoms. The molecule has 0 radical (unpaired) electrons. The van der Waals surface area contributed by atoms with Crippen LogP contribution in [-0.2, 0) is 21.7 Å². The Balaban J connectivity index is 0.000000337.